The highest BCUT2D eigenvalue weighted by molar-refractivity contribution is 5.86. The maximum atomic E-state index is 11.3. The van der Waals surface area contributed by atoms with Crippen LogP contribution >= 0.6 is 0 Å². The third-order valence-electron chi connectivity index (χ3n) is 7.93. The van der Waals surface area contributed by atoms with Crippen molar-refractivity contribution in [2.45, 2.75) is 82.3 Å². The van der Waals surface area contributed by atoms with Gasteiger partial charge in [-0.25, -0.2) is 15.0 Å². The maximum absolute atomic E-state index is 11.3. The molecule has 2 fully saturated rings. The molecular formula is C25H31N7O6. The molecule has 202 valence electrons. The van der Waals surface area contributed by atoms with Crippen LogP contribution in [0, 0.1) is 10.1 Å². The van der Waals surface area contributed by atoms with Crippen molar-refractivity contribution in [3.8, 4) is 0 Å². The van der Waals surface area contributed by atoms with Crippen LogP contribution in [0.3, 0.4) is 0 Å². The van der Waals surface area contributed by atoms with Crippen LogP contribution in [0.4, 0.5) is 17.5 Å². The minimum absolute atomic E-state index is 0.0480. The zero-order valence-electron chi connectivity index (χ0n) is 21.0. The third kappa shape index (κ3) is 4.34. The topological polar surface area (TPSA) is 172 Å². The van der Waals surface area contributed by atoms with E-state index in [0.717, 1.165) is 24.0 Å². The first-order valence-corrected chi connectivity index (χ1v) is 13.0. The SMILES string of the molecule is C[C@H]1O[C@@H](n2c(NC3CCC(O)CC3)nc3c(N4CCc5ccc([N+](=O)[O-])cc5C4)ncnc32)[C@H](O)[C@@H]1O. The first-order valence-electron chi connectivity index (χ1n) is 13.0. The lowest BCUT2D eigenvalue weighted by atomic mass is 9.93. The average molecular weight is 526 g/mol. The Bertz CT molecular complexity index is 1360. The molecule has 1 saturated carbocycles. The van der Waals surface area contributed by atoms with E-state index < -0.39 is 29.5 Å². The van der Waals surface area contributed by atoms with Gasteiger partial charge < -0.3 is 30.3 Å². The summed E-state index contributed by atoms with van der Waals surface area (Å²) in [5.41, 5.74) is 2.93. The molecular weight excluding hydrogens is 494 g/mol. The number of nitrogens with one attached hydrogen (secondary N) is 1. The van der Waals surface area contributed by atoms with Gasteiger partial charge in [-0.2, -0.15) is 0 Å². The van der Waals surface area contributed by atoms with Crippen LogP contribution in [0.5, 0.6) is 0 Å². The van der Waals surface area contributed by atoms with Gasteiger partial charge in [0.1, 0.15) is 18.5 Å². The summed E-state index contributed by atoms with van der Waals surface area (Å²) in [6, 6.07) is 5.01. The molecule has 13 nitrogen and oxygen atoms in total. The molecule has 2 aromatic heterocycles. The van der Waals surface area contributed by atoms with Crippen molar-refractivity contribution in [3.05, 3.63) is 45.8 Å². The van der Waals surface area contributed by atoms with E-state index in [1.807, 2.05) is 11.0 Å². The van der Waals surface area contributed by atoms with E-state index in [2.05, 4.69) is 15.3 Å². The van der Waals surface area contributed by atoms with E-state index in [9.17, 15) is 25.4 Å². The number of aliphatic hydroxyl groups excluding tert-OH is 3. The largest absolute Gasteiger partial charge is 0.393 e. The van der Waals surface area contributed by atoms with Crippen LogP contribution in [0.15, 0.2) is 24.5 Å². The molecule has 1 aliphatic carbocycles. The van der Waals surface area contributed by atoms with E-state index in [1.54, 1.807) is 17.6 Å². The van der Waals surface area contributed by atoms with Gasteiger partial charge in [-0.1, -0.05) is 6.07 Å². The van der Waals surface area contributed by atoms with E-state index >= 15 is 0 Å². The summed E-state index contributed by atoms with van der Waals surface area (Å²) in [6.07, 6.45) is 0.969. The number of nitrogens with zero attached hydrogens (tertiary/aromatic N) is 6. The highest BCUT2D eigenvalue weighted by Crippen LogP contribution is 2.38. The number of aliphatic hydroxyl groups is 3. The number of anilines is 2. The number of benzene rings is 1. The van der Waals surface area contributed by atoms with E-state index in [4.69, 9.17) is 9.72 Å². The van der Waals surface area contributed by atoms with Gasteiger partial charge in [-0.05, 0) is 50.2 Å². The second kappa shape index (κ2) is 9.73. The number of non-ortho nitro benzene ring substituents is 1. The number of imidazole rings is 1. The van der Waals surface area contributed by atoms with Crippen LogP contribution < -0.4 is 10.2 Å². The van der Waals surface area contributed by atoms with Crippen LogP contribution in [0.25, 0.3) is 11.2 Å². The Morgan fingerprint density at radius 1 is 1.11 bits per heavy atom. The van der Waals surface area contributed by atoms with Crippen molar-refractivity contribution in [1.82, 2.24) is 19.5 Å². The Balaban J connectivity index is 1.40. The molecule has 3 aromatic rings. The number of nitro groups is 1. The second-order valence-corrected chi connectivity index (χ2v) is 10.4. The molecule has 4 atom stereocenters. The second-order valence-electron chi connectivity index (χ2n) is 10.4. The van der Waals surface area contributed by atoms with Crippen molar-refractivity contribution < 1.29 is 25.0 Å². The number of hydrogen-bond acceptors (Lipinski definition) is 11. The van der Waals surface area contributed by atoms with Gasteiger partial charge in [0.05, 0.1) is 17.1 Å². The summed E-state index contributed by atoms with van der Waals surface area (Å²) >= 11 is 0. The Labute approximate surface area is 218 Å². The van der Waals surface area contributed by atoms with Gasteiger partial charge >= 0.3 is 0 Å². The Kier molecular flexibility index (Phi) is 6.38. The molecule has 1 aromatic carbocycles. The average Bonchev–Trinajstić information content (AvgIpc) is 3.40. The van der Waals surface area contributed by atoms with Crippen LogP contribution in [-0.4, -0.2) is 76.8 Å². The summed E-state index contributed by atoms with van der Waals surface area (Å²) in [5, 5.41) is 46.0. The molecule has 0 unspecified atom stereocenters. The molecule has 0 amide bonds. The lowest BCUT2D eigenvalue weighted by molar-refractivity contribution is -0.384. The third-order valence-corrected chi connectivity index (χ3v) is 7.93. The van der Waals surface area contributed by atoms with Gasteiger partial charge in [0.15, 0.2) is 23.2 Å². The molecule has 4 heterocycles. The minimum Gasteiger partial charge on any atom is -0.393 e. The van der Waals surface area contributed by atoms with Crippen LogP contribution in [0.2, 0.25) is 0 Å². The van der Waals surface area contributed by atoms with E-state index in [1.165, 1.54) is 12.4 Å². The standard InChI is InChI=1S/C25H31N7O6/c1-13-20(34)21(35)24(38-13)31-23-19(29-25(31)28-16-3-6-18(33)7-4-16)22(26-12-27-23)30-9-8-14-2-5-17(32(36)37)10-15(14)11-30/h2,5,10,12-13,16,18,20-21,24,33-35H,3-4,6-9,11H2,1H3,(H,28,29)/t13-,16?,18?,20-,21-,24-/m1/s1. The lowest BCUT2D eigenvalue weighted by Gasteiger charge is -2.29. The fraction of sp³-hybridized carbons (Fsp3) is 0.560. The fourth-order valence-electron chi connectivity index (χ4n) is 5.75. The van der Waals surface area contributed by atoms with Crippen molar-refractivity contribution in [2.24, 2.45) is 0 Å². The van der Waals surface area contributed by atoms with Crippen molar-refractivity contribution in [3.63, 3.8) is 0 Å². The lowest BCUT2D eigenvalue weighted by Crippen LogP contribution is -2.33. The molecule has 13 heteroatoms. The van der Waals surface area contributed by atoms with Crippen LogP contribution in [0.1, 0.15) is 50.0 Å². The molecule has 6 rings (SSSR count). The number of fused-ring (bicyclic) bond motifs is 2. The van der Waals surface area contributed by atoms with Gasteiger partial charge in [-0.15, -0.1) is 0 Å². The Morgan fingerprint density at radius 3 is 2.61 bits per heavy atom. The maximum Gasteiger partial charge on any atom is 0.269 e. The molecule has 0 radical (unpaired) electrons. The predicted octanol–water partition coefficient (Wildman–Crippen LogP) is 1.65. The molecule has 3 aliphatic rings. The fourth-order valence-corrected chi connectivity index (χ4v) is 5.75. The molecule has 0 spiro atoms. The number of hydrogen-bond donors (Lipinski definition) is 4. The number of aromatic nitrogens is 4. The first kappa shape index (κ1) is 24.9. The summed E-state index contributed by atoms with van der Waals surface area (Å²) in [5.74, 6) is 1.02. The molecule has 0 bridgehead atoms. The minimum atomic E-state index is -1.18. The highest BCUT2D eigenvalue weighted by atomic mass is 16.6. The summed E-state index contributed by atoms with van der Waals surface area (Å²) in [7, 11) is 0. The number of ether oxygens (including phenoxy) is 1. The molecule has 38 heavy (non-hydrogen) atoms. The van der Waals surface area contributed by atoms with E-state index in [0.29, 0.717) is 55.3 Å². The van der Waals surface area contributed by atoms with Crippen molar-refractivity contribution in [1.29, 1.82) is 0 Å². The summed E-state index contributed by atoms with van der Waals surface area (Å²) in [6.45, 7) is 2.77. The predicted molar refractivity (Wildman–Crippen MR) is 137 cm³/mol. The van der Waals surface area contributed by atoms with Gasteiger partial charge in [0, 0.05) is 31.3 Å². The smallest absolute Gasteiger partial charge is 0.269 e. The zero-order valence-corrected chi connectivity index (χ0v) is 21.0. The molecule has 4 N–H and O–H groups in total. The summed E-state index contributed by atoms with van der Waals surface area (Å²) < 4.78 is 7.64. The Hall–Kier alpha value is -3.39. The zero-order chi connectivity index (χ0) is 26.6. The van der Waals surface area contributed by atoms with Crippen molar-refractivity contribution in [2.75, 3.05) is 16.8 Å². The van der Waals surface area contributed by atoms with E-state index in [-0.39, 0.29) is 17.8 Å². The van der Waals surface area contributed by atoms with Gasteiger partial charge in [-0.3, -0.25) is 14.7 Å². The van der Waals surface area contributed by atoms with Crippen LogP contribution in [-0.2, 0) is 17.7 Å². The van der Waals surface area contributed by atoms with Crippen molar-refractivity contribution >= 4 is 28.6 Å². The highest BCUT2D eigenvalue weighted by Gasteiger charge is 2.43. The quantitative estimate of drug-likeness (QED) is 0.282. The monoisotopic (exact) mass is 525 g/mol. The van der Waals surface area contributed by atoms with Gasteiger partial charge in [0.25, 0.3) is 5.69 Å². The molecule has 2 aliphatic heterocycles. The van der Waals surface area contributed by atoms with Gasteiger partial charge in [0.2, 0.25) is 5.95 Å². The Morgan fingerprint density at radius 2 is 1.89 bits per heavy atom. The summed E-state index contributed by atoms with van der Waals surface area (Å²) in [4.78, 5) is 26.9. The molecule has 1 saturated heterocycles. The number of nitro benzene ring substituents is 1. The first-order chi connectivity index (χ1) is 18.3. The number of rotatable bonds is 5. The normalized spacial score (nSPS) is 29.4.